The van der Waals surface area contributed by atoms with Gasteiger partial charge in [0.05, 0.1) is 10.6 Å². The summed E-state index contributed by atoms with van der Waals surface area (Å²) >= 11 is 0. The van der Waals surface area contributed by atoms with Crippen LogP contribution in [-0.4, -0.2) is 13.4 Å². The highest BCUT2D eigenvalue weighted by atomic mass is 32.2. The summed E-state index contributed by atoms with van der Waals surface area (Å²) < 4.78 is 26.7. The topological polar surface area (TPSA) is 85.1 Å². The predicted molar refractivity (Wildman–Crippen MR) is 74.1 cm³/mol. The summed E-state index contributed by atoms with van der Waals surface area (Å²) in [5.74, 6) is 0.267. The third-order valence-electron chi connectivity index (χ3n) is 2.59. The molecule has 1 heterocycles. The molecule has 1 aromatic heterocycles. The van der Waals surface area contributed by atoms with Gasteiger partial charge < -0.3 is 5.73 Å². The molecule has 0 spiro atoms. The predicted octanol–water partition coefficient (Wildman–Crippen LogP) is 1.65. The number of aromatic nitrogens is 1. The van der Waals surface area contributed by atoms with Gasteiger partial charge in [-0.25, -0.2) is 13.4 Å². The van der Waals surface area contributed by atoms with Crippen LogP contribution in [0.4, 0.5) is 5.82 Å². The maximum absolute atomic E-state index is 12.1. The first kappa shape index (κ1) is 13.5. The lowest BCUT2D eigenvalue weighted by molar-refractivity contribution is 0.601. The zero-order valence-corrected chi connectivity index (χ0v) is 11.3. The maximum Gasteiger partial charge on any atom is 0.263 e. The minimum absolute atomic E-state index is 0.207. The maximum atomic E-state index is 12.1. The van der Waals surface area contributed by atoms with Crippen LogP contribution in [0.1, 0.15) is 11.3 Å². The van der Waals surface area contributed by atoms with Gasteiger partial charge in [0, 0.05) is 6.54 Å². The van der Waals surface area contributed by atoms with Crippen LogP contribution in [0.5, 0.6) is 0 Å². The number of hydrogen-bond acceptors (Lipinski definition) is 4. The Morgan fingerprint density at radius 1 is 1.16 bits per heavy atom. The van der Waals surface area contributed by atoms with Crippen molar-refractivity contribution in [1.29, 1.82) is 0 Å². The number of hydrogen-bond donors (Lipinski definition) is 2. The molecule has 0 fully saturated rings. The van der Waals surface area contributed by atoms with Crippen LogP contribution in [0, 0.1) is 6.92 Å². The van der Waals surface area contributed by atoms with E-state index in [9.17, 15) is 8.42 Å². The van der Waals surface area contributed by atoms with E-state index in [1.54, 1.807) is 42.5 Å². The number of nitrogens with zero attached hydrogens (tertiary/aromatic N) is 1. The Bertz CT molecular complexity index is 667. The number of pyridine rings is 1. The molecule has 0 radical (unpaired) electrons. The highest BCUT2D eigenvalue weighted by Gasteiger charge is 2.14. The average Bonchev–Trinajstić information content (AvgIpc) is 2.39. The van der Waals surface area contributed by atoms with Crippen molar-refractivity contribution in [2.75, 3.05) is 4.72 Å². The molecular formula is C13H15N3O2S. The minimum Gasteiger partial charge on any atom is -0.325 e. The molecule has 0 amide bonds. The fraction of sp³-hybridized carbons (Fsp3) is 0.154. The van der Waals surface area contributed by atoms with Crippen molar-refractivity contribution in [2.24, 2.45) is 5.73 Å². The molecule has 5 nitrogen and oxygen atoms in total. The van der Waals surface area contributed by atoms with Crippen LogP contribution in [0.15, 0.2) is 47.4 Å². The molecule has 100 valence electrons. The van der Waals surface area contributed by atoms with Gasteiger partial charge in [0.2, 0.25) is 0 Å². The summed E-state index contributed by atoms with van der Waals surface area (Å²) in [6.45, 7) is 2.16. The average molecular weight is 277 g/mol. The van der Waals surface area contributed by atoms with E-state index in [2.05, 4.69) is 9.71 Å². The number of benzene rings is 1. The number of anilines is 1. The third-order valence-corrected chi connectivity index (χ3v) is 3.96. The molecule has 1 aromatic carbocycles. The van der Waals surface area contributed by atoms with Crippen molar-refractivity contribution in [1.82, 2.24) is 4.98 Å². The number of nitrogens with one attached hydrogen (secondary N) is 1. The van der Waals surface area contributed by atoms with Gasteiger partial charge in [0.25, 0.3) is 10.0 Å². The highest BCUT2D eigenvalue weighted by molar-refractivity contribution is 7.92. The van der Waals surface area contributed by atoms with Crippen molar-refractivity contribution in [3.63, 3.8) is 0 Å². The lowest BCUT2D eigenvalue weighted by Crippen LogP contribution is -2.14. The lowest BCUT2D eigenvalue weighted by Gasteiger charge is -2.08. The monoisotopic (exact) mass is 277 g/mol. The van der Waals surface area contributed by atoms with E-state index in [4.69, 9.17) is 5.73 Å². The van der Waals surface area contributed by atoms with Gasteiger partial charge >= 0.3 is 0 Å². The summed E-state index contributed by atoms with van der Waals surface area (Å²) in [7, 11) is -3.61. The van der Waals surface area contributed by atoms with Gasteiger partial charge in [-0.05, 0) is 31.2 Å². The third kappa shape index (κ3) is 3.30. The van der Waals surface area contributed by atoms with E-state index in [-0.39, 0.29) is 17.3 Å². The molecule has 3 N–H and O–H groups in total. The van der Waals surface area contributed by atoms with E-state index in [0.717, 1.165) is 5.56 Å². The SMILES string of the molecule is Cc1ccc(S(=O)(=O)Nc2cccc(CN)n2)cc1. The normalized spacial score (nSPS) is 11.3. The number of aryl methyl sites for hydroxylation is 1. The number of rotatable bonds is 4. The van der Waals surface area contributed by atoms with Crippen molar-refractivity contribution < 1.29 is 8.42 Å². The van der Waals surface area contributed by atoms with Crippen LogP contribution >= 0.6 is 0 Å². The highest BCUT2D eigenvalue weighted by Crippen LogP contribution is 2.15. The summed E-state index contributed by atoms with van der Waals surface area (Å²) in [6.07, 6.45) is 0. The molecule has 0 aliphatic carbocycles. The van der Waals surface area contributed by atoms with E-state index >= 15 is 0 Å². The molecular weight excluding hydrogens is 262 g/mol. The second kappa shape index (κ2) is 5.38. The van der Waals surface area contributed by atoms with E-state index in [1.807, 2.05) is 6.92 Å². The Morgan fingerprint density at radius 2 is 1.84 bits per heavy atom. The first-order valence-electron chi connectivity index (χ1n) is 5.77. The molecule has 0 saturated heterocycles. The standard InChI is InChI=1S/C13H15N3O2S/c1-10-5-7-12(8-6-10)19(17,18)16-13-4-2-3-11(9-14)15-13/h2-8H,9,14H2,1H3,(H,15,16). The second-order valence-corrected chi connectivity index (χ2v) is 5.82. The molecule has 0 saturated carbocycles. The fourth-order valence-corrected chi connectivity index (χ4v) is 2.57. The molecule has 0 unspecified atom stereocenters. The lowest BCUT2D eigenvalue weighted by atomic mass is 10.2. The van der Waals surface area contributed by atoms with Gasteiger partial charge in [0.1, 0.15) is 5.82 Å². The van der Waals surface area contributed by atoms with Gasteiger partial charge in [-0.15, -0.1) is 0 Å². The first-order chi connectivity index (χ1) is 9.01. The smallest absolute Gasteiger partial charge is 0.263 e. The molecule has 0 aliphatic heterocycles. The quantitative estimate of drug-likeness (QED) is 0.889. The Balaban J connectivity index is 2.28. The largest absolute Gasteiger partial charge is 0.325 e. The van der Waals surface area contributed by atoms with Crippen LogP contribution in [0.25, 0.3) is 0 Å². The first-order valence-corrected chi connectivity index (χ1v) is 7.25. The summed E-state index contributed by atoms with van der Waals surface area (Å²) in [4.78, 5) is 4.31. The summed E-state index contributed by atoms with van der Waals surface area (Å²) in [6, 6.07) is 11.7. The second-order valence-electron chi connectivity index (χ2n) is 4.14. The van der Waals surface area contributed by atoms with Crippen LogP contribution in [0.3, 0.4) is 0 Å². The van der Waals surface area contributed by atoms with Gasteiger partial charge in [-0.3, -0.25) is 4.72 Å². The number of sulfonamides is 1. The van der Waals surface area contributed by atoms with E-state index in [1.165, 1.54) is 0 Å². The molecule has 6 heteroatoms. The zero-order valence-electron chi connectivity index (χ0n) is 10.5. The van der Waals surface area contributed by atoms with Crippen LogP contribution in [0.2, 0.25) is 0 Å². The van der Waals surface area contributed by atoms with Crippen molar-refractivity contribution >= 4 is 15.8 Å². The minimum atomic E-state index is -3.61. The Hall–Kier alpha value is -1.92. The van der Waals surface area contributed by atoms with E-state index in [0.29, 0.717) is 5.69 Å². The van der Waals surface area contributed by atoms with Crippen molar-refractivity contribution in [2.45, 2.75) is 18.4 Å². The molecule has 0 atom stereocenters. The Morgan fingerprint density at radius 3 is 2.47 bits per heavy atom. The Kier molecular flexibility index (Phi) is 3.82. The molecule has 2 rings (SSSR count). The Labute approximate surface area is 112 Å². The summed E-state index contributed by atoms with van der Waals surface area (Å²) in [5.41, 5.74) is 7.10. The van der Waals surface area contributed by atoms with E-state index < -0.39 is 10.0 Å². The van der Waals surface area contributed by atoms with Crippen molar-refractivity contribution in [3.8, 4) is 0 Å². The molecule has 0 aliphatic rings. The van der Waals surface area contributed by atoms with Crippen molar-refractivity contribution in [3.05, 3.63) is 53.7 Å². The number of nitrogens with two attached hydrogens (primary N) is 1. The van der Waals surface area contributed by atoms with Crippen LogP contribution in [-0.2, 0) is 16.6 Å². The summed E-state index contributed by atoms with van der Waals surface area (Å²) in [5, 5.41) is 0. The van der Waals surface area contributed by atoms with Crippen LogP contribution < -0.4 is 10.5 Å². The molecule has 0 bridgehead atoms. The van der Waals surface area contributed by atoms with Gasteiger partial charge in [-0.1, -0.05) is 23.8 Å². The molecule has 2 aromatic rings. The zero-order chi connectivity index (χ0) is 13.9. The fourth-order valence-electron chi connectivity index (χ4n) is 1.56. The molecule has 19 heavy (non-hydrogen) atoms. The van der Waals surface area contributed by atoms with Gasteiger partial charge in [-0.2, -0.15) is 0 Å². The van der Waals surface area contributed by atoms with Gasteiger partial charge in [0.15, 0.2) is 0 Å².